The Hall–Kier alpha value is -3.32. The fourth-order valence-electron chi connectivity index (χ4n) is 4.76. The van der Waals surface area contributed by atoms with Crippen molar-refractivity contribution in [1.82, 2.24) is 9.88 Å². The van der Waals surface area contributed by atoms with Crippen LogP contribution < -0.4 is 14.8 Å². The van der Waals surface area contributed by atoms with Gasteiger partial charge in [0.25, 0.3) is 0 Å². The van der Waals surface area contributed by atoms with Gasteiger partial charge in [-0.1, -0.05) is 24.3 Å². The predicted molar refractivity (Wildman–Crippen MR) is 116 cm³/mol. The van der Waals surface area contributed by atoms with Crippen molar-refractivity contribution in [3.63, 3.8) is 0 Å². The summed E-state index contributed by atoms with van der Waals surface area (Å²) < 4.78 is 26.2. The number of carbonyl (C=O) groups is 1. The average molecular weight is 419 g/mol. The summed E-state index contributed by atoms with van der Waals surface area (Å²) in [6.45, 7) is 2.84. The number of fused-ring (bicyclic) bond motifs is 4. The van der Waals surface area contributed by atoms with Gasteiger partial charge in [0.15, 0.2) is 17.3 Å². The van der Waals surface area contributed by atoms with Gasteiger partial charge in [0, 0.05) is 53.9 Å². The molecule has 4 heterocycles. The maximum absolute atomic E-state index is 14.2. The number of nitrogens with one attached hydrogen (secondary N) is 2. The van der Waals surface area contributed by atoms with Crippen LogP contribution in [0.3, 0.4) is 0 Å². The van der Waals surface area contributed by atoms with E-state index in [2.05, 4.69) is 45.7 Å². The van der Waals surface area contributed by atoms with E-state index in [1.165, 1.54) is 22.6 Å². The topological polar surface area (TPSA) is 66.6 Å². The van der Waals surface area contributed by atoms with Crippen LogP contribution in [0.2, 0.25) is 0 Å². The first-order chi connectivity index (χ1) is 15.2. The molecule has 0 fully saturated rings. The summed E-state index contributed by atoms with van der Waals surface area (Å²) in [5.74, 6) is 0.175. The molecule has 0 radical (unpaired) electrons. The maximum atomic E-state index is 14.2. The number of aromatic amines is 1. The summed E-state index contributed by atoms with van der Waals surface area (Å²) in [4.78, 5) is 17.4. The van der Waals surface area contributed by atoms with E-state index in [1.54, 1.807) is 0 Å². The summed E-state index contributed by atoms with van der Waals surface area (Å²) in [7, 11) is 0. The third-order valence-electron chi connectivity index (χ3n) is 6.30. The predicted octanol–water partition coefficient (Wildman–Crippen LogP) is 3.73. The summed E-state index contributed by atoms with van der Waals surface area (Å²) in [5.41, 5.74) is 4.57. The number of para-hydroxylation sites is 1. The van der Waals surface area contributed by atoms with E-state index in [0.29, 0.717) is 30.2 Å². The lowest BCUT2D eigenvalue weighted by atomic mass is 9.99. The van der Waals surface area contributed by atoms with Crippen molar-refractivity contribution in [2.75, 3.05) is 31.6 Å². The van der Waals surface area contributed by atoms with Gasteiger partial charge in [-0.25, -0.2) is 4.39 Å². The van der Waals surface area contributed by atoms with E-state index in [0.717, 1.165) is 25.0 Å². The van der Waals surface area contributed by atoms with Crippen LogP contribution in [0.4, 0.5) is 10.1 Å². The highest BCUT2D eigenvalue weighted by Gasteiger charge is 2.33. The molecule has 2 aromatic carbocycles. The molecule has 3 aliphatic rings. The second-order valence-corrected chi connectivity index (χ2v) is 8.30. The molecule has 3 aromatic rings. The van der Waals surface area contributed by atoms with E-state index in [1.807, 2.05) is 6.07 Å². The Kier molecular flexibility index (Phi) is 4.24. The van der Waals surface area contributed by atoms with Crippen LogP contribution in [0.25, 0.3) is 16.5 Å². The number of carbonyl (C=O) groups excluding carboxylic acids is 1. The monoisotopic (exact) mass is 419 g/mol. The molecule has 1 atom stereocenters. The van der Waals surface area contributed by atoms with Gasteiger partial charge < -0.3 is 19.8 Å². The summed E-state index contributed by atoms with van der Waals surface area (Å²) in [6.07, 6.45) is 5.29. The molecular weight excluding hydrogens is 397 g/mol. The van der Waals surface area contributed by atoms with Crippen LogP contribution >= 0.6 is 0 Å². The molecule has 6 rings (SSSR count). The second kappa shape index (κ2) is 7.13. The Bertz CT molecular complexity index is 1230. The molecule has 0 saturated carbocycles. The minimum absolute atomic E-state index is 0.117. The van der Waals surface area contributed by atoms with Gasteiger partial charge in [0.1, 0.15) is 12.7 Å². The van der Waals surface area contributed by atoms with Crippen LogP contribution in [0.5, 0.6) is 11.5 Å². The number of benzene rings is 2. The number of rotatable bonds is 3. The van der Waals surface area contributed by atoms with Gasteiger partial charge in [-0.05, 0) is 18.1 Å². The van der Waals surface area contributed by atoms with Crippen LogP contribution in [0.1, 0.15) is 17.5 Å². The molecule has 2 N–H and O–H groups in total. The Morgan fingerprint density at radius 2 is 2.16 bits per heavy atom. The summed E-state index contributed by atoms with van der Waals surface area (Å²) in [6, 6.07) is 9.66. The van der Waals surface area contributed by atoms with Crippen molar-refractivity contribution in [2.24, 2.45) is 0 Å². The highest BCUT2D eigenvalue weighted by molar-refractivity contribution is 6.00. The Balaban J connectivity index is 1.16. The molecule has 1 amide bonds. The lowest BCUT2D eigenvalue weighted by Crippen LogP contribution is -2.42. The van der Waals surface area contributed by atoms with Gasteiger partial charge in [-0.15, -0.1) is 0 Å². The normalized spacial score (nSPS) is 20.5. The van der Waals surface area contributed by atoms with Gasteiger partial charge in [-0.2, -0.15) is 0 Å². The Labute approximate surface area is 178 Å². The number of H-pyrrole nitrogens is 1. The molecule has 0 saturated heterocycles. The minimum Gasteiger partial charge on any atom is -0.486 e. The van der Waals surface area contributed by atoms with E-state index in [4.69, 9.17) is 9.47 Å². The Morgan fingerprint density at radius 3 is 3.03 bits per heavy atom. The molecule has 0 spiro atoms. The highest BCUT2D eigenvalue weighted by Crippen LogP contribution is 2.44. The SMILES string of the molecule is O=C1Cc2c(c(F)cc3c2OC(CN2CC=C(c4c[nH]c5ccccc45)CC2)CO3)N1. The molecule has 1 aromatic heterocycles. The first kappa shape index (κ1) is 18.4. The van der Waals surface area contributed by atoms with Crippen molar-refractivity contribution in [3.8, 4) is 11.5 Å². The zero-order valence-corrected chi connectivity index (χ0v) is 16.9. The molecule has 31 heavy (non-hydrogen) atoms. The number of ether oxygens (including phenoxy) is 2. The maximum Gasteiger partial charge on any atom is 0.229 e. The number of aromatic nitrogens is 1. The van der Waals surface area contributed by atoms with Crippen LogP contribution in [0, 0.1) is 5.82 Å². The molecule has 3 aliphatic heterocycles. The quantitative estimate of drug-likeness (QED) is 0.679. The number of amides is 1. The van der Waals surface area contributed by atoms with Gasteiger partial charge in [0.2, 0.25) is 5.91 Å². The molecular formula is C24H22FN3O3. The molecule has 1 unspecified atom stereocenters. The second-order valence-electron chi connectivity index (χ2n) is 8.30. The fraction of sp³-hybridized carbons (Fsp3) is 0.292. The van der Waals surface area contributed by atoms with E-state index in [9.17, 15) is 9.18 Å². The first-order valence-corrected chi connectivity index (χ1v) is 10.6. The lowest BCUT2D eigenvalue weighted by Gasteiger charge is -2.33. The fourth-order valence-corrected chi connectivity index (χ4v) is 4.76. The molecule has 6 nitrogen and oxygen atoms in total. The van der Waals surface area contributed by atoms with Crippen LogP contribution in [-0.4, -0.2) is 48.1 Å². The number of anilines is 1. The first-order valence-electron chi connectivity index (χ1n) is 10.6. The highest BCUT2D eigenvalue weighted by atomic mass is 19.1. The van der Waals surface area contributed by atoms with Crippen molar-refractivity contribution in [1.29, 1.82) is 0 Å². The largest absolute Gasteiger partial charge is 0.486 e. The number of halogens is 1. The molecule has 7 heteroatoms. The Morgan fingerprint density at radius 1 is 1.26 bits per heavy atom. The summed E-state index contributed by atoms with van der Waals surface area (Å²) >= 11 is 0. The zero-order chi connectivity index (χ0) is 20.9. The summed E-state index contributed by atoms with van der Waals surface area (Å²) in [5, 5.41) is 3.83. The van der Waals surface area contributed by atoms with E-state index in [-0.39, 0.29) is 24.1 Å². The smallest absolute Gasteiger partial charge is 0.229 e. The van der Waals surface area contributed by atoms with Crippen molar-refractivity contribution in [2.45, 2.75) is 18.9 Å². The van der Waals surface area contributed by atoms with Crippen molar-refractivity contribution >= 4 is 28.1 Å². The zero-order valence-electron chi connectivity index (χ0n) is 16.9. The molecule has 158 valence electrons. The number of hydrogen-bond acceptors (Lipinski definition) is 4. The third-order valence-corrected chi connectivity index (χ3v) is 6.30. The van der Waals surface area contributed by atoms with Crippen molar-refractivity contribution < 1.29 is 18.7 Å². The number of hydrogen-bond donors (Lipinski definition) is 2. The van der Waals surface area contributed by atoms with Gasteiger partial charge in [-0.3, -0.25) is 9.69 Å². The minimum atomic E-state index is -0.479. The molecule has 0 bridgehead atoms. The van der Waals surface area contributed by atoms with E-state index < -0.39 is 5.82 Å². The standard InChI is InChI=1S/C24H22FN3O3/c25-19-10-21-24(17-9-22(29)27-23(17)19)31-15(13-30-21)12-28-7-5-14(6-8-28)18-11-26-20-4-2-1-3-16(18)20/h1-5,10-11,15,26H,6-9,12-13H2,(H,27,29). The number of nitrogens with zero attached hydrogens (tertiary/aromatic N) is 1. The van der Waals surface area contributed by atoms with Crippen LogP contribution in [-0.2, 0) is 11.2 Å². The van der Waals surface area contributed by atoms with Crippen molar-refractivity contribution in [3.05, 3.63) is 59.5 Å². The van der Waals surface area contributed by atoms with Crippen LogP contribution in [0.15, 0.2) is 42.6 Å². The third kappa shape index (κ3) is 3.16. The van der Waals surface area contributed by atoms with Gasteiger partial charge >= 0.3 is 0 Å². The lowest BCUT2D eigenvalue weighted by molar-refractivity contribution is -0.115. The molecule has 0 aliphatic carbocycles. The average Bonchev–Trinajstić information content (AvgIpc) is 3.39. The van der Waals surface area contributed by atoms with E-state index >= 15 is 0 Å². The van der Waals surface area contributed by atoms with Gasteiger partial charge in [0.05, 0.1) is 12.1 Å².